The maximum Gasteiger partial charge on any atom is 0.0927 e. The summed E-state index contributed by atoms with van der Waals surface area (Å²) in [5.41, 5.74) is 0. The van der Waals surface area contributed by atoms with Gasteiger partial charge in [-0.15, -0.1) is 11.3 Å². The van der Waals surface area contributed by atoms with Crippen LogP contribution in [0.25, 0.3) is 0 Å². The number of nitrogens with one attached hydrogen (secondary N) is 1. The molecular formula is C10H16N2S. The molecule has 1 unspecified atom stereocenters. The Balaban J connectivity index is 1.68. The maximum absolute atomic E-state index is 4.29. The summed E-state index contributed by atoms with van der Waals surface area (Å²) in [5.74, 6) is 0.715. The Kier molecular flexibility index (Phi) is 2.96. The van der Waals surface area contributed by atoms with E-state index >= 15 is 0 Å². The summed E-state index contributed by atoms with van der Waals surface area (Å²) in [7, 11) is 0. The number of rotatable bonds is 5. The van der Waals surface area contributed by atoms with E-state index in [4.69, 9.17) is 0 Å². The van der Waals surface area contributed by atoms with Gasteiger partial charge >= 0.3 is 0 Å². The van der Waals surface area contributed by atoms with Crippen molar-refractivity contribution in [2.75, 3.05) is 6.54 Å². The number of aromatic nitrogens is 1. The van der Waals surface area contributed by atoms with Crippen molar-refractivity contribution < 1.29 is 0 Å². The molecule has 0 saturated heterocycles. The van der Waals surface area contributed by atoms with E-state index < -0.39 is 0 Å². The van der Waals surface area contributed by atoms with Crippen LogP contribution in [0.2, 0.25) is 0 Å². The quantitative estimate of drug-likeness (QED) is 0.780. The van der Waals surface area contributed by atoms with E-state index in [2.05, 4.69) is 22.6 Å². The van der Waals surface area contributed by atoms with Crippen molar-refractivity contribution in [1.82, 2.24) is 10.3 Å². The second-order valence-corrected chi connectivity index (χ2v) is 4.90. The molecule has 0 aromatic carbocycles. The van der Waals surface area contributed by atoms with Crippen molar-refractivity contribution in [3.05, 3.63) is 16.6 Å². The molecule has 0 bridgehead atoms. The fourth-order valence-corrected chi connectivity index (χ4v) is 2.16. The highest BCUT2D eigenvalue weighted by Crippen LogP contribution is 2.19. The van der Waals surface area contributed by atoms with Gasteiger partial charge in [0.25, 0.3) is 0 Å². The normalized spacial score (nSPS) is 18.8. The lowest BCUT2D eigenvalue weighted by Crippen LogP contribution is -2.24. The first kappa shape index (κ1) is 9.16. The smallest absolute Gasteiger partial charge is 0.0927 e. The Labute approximate surface area is 83.4 Å². The zero-order valence-corrected chi connectivity index (χ0v) is 8.81. The Bertz CT molecular complexity index is 241. The van der Waals surface area contributed by atoms with Gasteiger partial charge in [-0.1, -0.05) is 6.92 Å². The van der Waals surface area contributed by atoms with Gasteiger partial charge in [0.2, 0.25) is 0 Å². The van der Waals surface area contributed by atoms with Crippen LogP contribution in [-0.2, 0) is 6.42 Å². The fourth-order valence-electron chi connectivity index (χ4n) is 1.38. The van der Waals surface area contributed by atoms with Gasteiger partial charge in [-0.2, -0.15) is 0 Å². The van der Waals surface area contributed by atoms with Gasteiger partial charge < -0.3 is 5.32 Å². The molecule has 2 rings (SSSR count). The van der Waals surface area contributed by atoms with Crippen molar-refractivity contribution >= 4 is 11.3 Å². The molecule has 0 amide bonds. The summed E-state index contributed by atoms with van der Waals surface area (Å²) < 4.78 is 0. The molecule has 1 aliphatic carbocycles. The average molecular weight is 196 g/mol. The second-order valence-electron chi connectivity index (χ2n) is 3.92. The topological polar surface area (TPSA) is 24.9 Å². The largest absolute Gasteiger partial charge is 0.314 e. The number of hydrogen-bond donors (Lipinski definition) is 1. The first-order chi connectivity index (χ1) is 6.34. The van der Waals surface area contributed by atoms with Crippen molar-refractivity contribution in [3.8, 4) is 0 Å². The van der Waals surface area contributed by atoms with E-state index in [0.29, 0.717) is 5.92 Å². The van der Waals surface area contributed by atoms with Crippen molar-refractivity contribution in [2.45, 2.75) is 32.2 Å². The molecule has 1 aromatic heterocycles. The van der Waals surface area contributed by atoms with Crippen LogP contribution in [0.4, 0.5) is 0 Å². The predicted molar refractivity (Wildman–Crippen MR) is 56.0 cm³/mol. The van der Waals surface area contributed by atoms with Gasteiger partial charge in [-0.05, 0) is 25.3 Å². The van der Waals surface area contributed by atoms with Gasteiger partial charge in [-0.3, -0.25) is 0 Å². The highest BCUT2D eigenvalue weighted by atomic mass is 32.1. The minimum atomic E-state index is 0.715. The molecule has 0 radical (unpaired) electrons. The monoisotopic (exact) mass is 196 g/mol. The van der Waals surface area contributed by atoms with E-state index in [1.165, 1.54) is 17.8 Å². The molecular weight excluding hydrogens is 180 g/mol. The molecule has 1 heterocycles. The van der Waals surface area contributed by atoms with Crippen LogP contribution in [-0.4, -0.2) is 17.6 Å². The lowest BCUT2D eigenvalue weighted by molar-refractivity contribution is 0.508. The lowest BCUT2D eigenvalue weighted by Gasteiger charge is -2.09. The van der Waals surface area contributed by atoms with Crippen molar-refractivity contribution in [2.24, 2.45) is 5.92 Å². The minimum Gasteiger partial charge on any atom is -0.314 e. The van der Waals surface area contributed by atoms with E-state index in [9.17, 15) is 0 Å². The zero-order chi connectivity index (χ0) is 9.10. The Morgan fingerprint density at radius 3 is 3.15 bits per heavy atom. The zero-order valence-electron chi connectivity index (χ0n) is 7.99. The van der Waals surface area contributed by atoms with E-state index in [0.717, 1.165) is 19.0 Å². The molecule has 13 heavy (non-hydrogen) atoms. The maximum atomic E-state index is 4.29. The third kappa shape index (κ3) is 3.08. The molecule has 3 heteroatoms. The van der Waals surface area contributed by atoms with Crippen LogP contribution in [0, 0.1) is 5.92 Å². The number of thiazole rings is 1. The molecule has 0 aliphatic heterocycles. The van der Waals surface area contributed by atoms with Crippen LogP contribution in [0.3, 0.4) is 0 Å². The lowest BCUT2D eigenvalue weighted by atomic mass is 10.1. The summed E-state index contributed by atoms with van der Waals surface area (Å²) >= 11 is 1.76. The molecule has 1 atom stereocenters. The Hall–Kier alpha value is -0.410. The van der Waals surface area contributed by atoms with E-state index in [1.807, 2.05) is 6.20 Å². The second kappa shape index (κ2) is 4.20. The first-order valence-corrected chi connectivity index (χ1v) is 5.84. The first-order valence-electron chi connectivity index (χ1n) is 4.96. The van der Waals surface area contributed by atoms with Gasteiger partial charge in [-0.25, -0.2) is 4.98 Å². The SMILES string of the molecule is CC(CNC1CC1)Cc1nccs1. The van der Waals surface area contributed by atoms with Gasteiger partial charge in [0.1, 0.15) is 0 Å². The summed E-state index contributed by atoms with van der Waals surface area (Å²) in [6, 6.07) is 0.832. The van der Waals surface area contributed by atoms with E-state index in [-0.39, 0.29) is 0 Å². The van der Waals surface area contributed by atoms with Crippen LogP contribution in [0.5, 0.6) is 0 Å². The average Bonchev–Trinajstić information content (AvgIpc) is 2.82. The summed E-state index contributed by atoms with van der Waals surface area (Å²) in [4.78, 5) is 4.29. The third-order valence-electron chi connectivity index (χ3n) is 2.34. The van der Waals surface area contributed by atoms with Gasteiger partial charge in [0.05, 0.1) is 5.01 Å². The summed E-state index contributed by atoms with van der Waals surface area (Å²) in [6.45, 7) is 3.43. The summed E-state index contributed by atoms with van der Waals surface area (Å²) in [6.07, 6.45) is 5.77. The highest BCUT2D eigenvalue weighted by Gasteiger charge is 2.20. The molecule has 1 aromatic rings. The van der Waals surface area contributed by atoms with Crippen LogP contribution in [0.1, 0.15) is 24.8 Å². The minimum absolute atomic E-state index is 0.715. The predicted octanol–water partition coefficient (Wildman–Crippen LogP) is 2.07. The van der Waals surface area contributed by atoms with Crippen LogP contribution < -0.4 is 5.32 Å². The Morgan fingerprint density at radius 2 is 2.54 bits per heavy atom. The Morgan fingerprint density at radius 1 is 1.69 bits per heavy atom. The molecule has 0 spiro atoms. The molecule has 2 nitrogen and oxygen atoms in total. The molecule has 1 fully saturated rings. The van der Waals surface area contributed by atoms with Crippen molar-refractivity contribution in [1.29, 1.82) is 0 Å². The van der Waals surface area contributed by atoms with E-state index in [1.54, 1.807) is 11.3 Å². The standard InChI is InChI=1S/C10H16N2S/c1-8(7-12-9-2-3-9)6-10-11-4-5-13-10/h4-5,8-9,12H,2-3,6-7H2,1H3. The molecule has 1 aliphatic rings. The third-order valence-corrected chi connectivity index (χ3v) is 3.14. The van der Waals surface area contributed by atoms with Crippen LogP contribution in [0.15, 0.2) is 11.6 Å². The van der Waals surface area contributed by atoms with Gasteiger partial charge in [0, 0.05) is 24.0 Å². The number of hydrogen-bond acceptors (Lipinski definition) is 3. The molecule has 1 saturated carbocycles. The highest BCUT2D eigenvalue weighted by molar-refractivity contribution is 7.09. The molecule has 1 N–H and O–H groups in total. The van der Waals surface area contributed by atoms with Crippen LogP contribution >= 0.6 is 11.3 Å². The molecule has 72 valence electrons. The fraction of sp³-hybridized carbons (Fsp3) is 0.700. The summed E-state index contributed by atoms with van der Waals surface area (Å²) in [5, 5.41) is 6.87. The number of nitrogens with zero attached hydrogens (tertiary/aromatic N) is 1. The van der Waals surface area contributed by atoms with Gasteiger partial charge in [0.15, 0.2) is 0 Å². The van der Waals surface area contributed by atoms with Crippen molar-refractivity contribution in [3.63, 3.8) is 0 Å².